The van der Waals surface area contributed by atoms with Gasteiger partial charge >= 0.3 is 0 Å². The van der Waals surface area contributed by atoms with Crippen LogP contribution < -0.4 is 5.32 Å². The number of thiophene rings is 1. The van der Waals surface area contributed by atoms with Crippen molar-refractivity contribution >= 4 is 40.2 Å². The Morgan fingerprint density at radius 2 is 1.85 bits per heavy atom. The lowest BCUT2D eigenvalue weighted by Gasteiger charge is -2.17. The quantitative estimate of drug-likeness (QED) is 0.716. The summed E-state index contributed by atoms with van der Waals surface area (Å²) in [6.45, 7) is 3.86. The molecule has 2 heterocycles. The zero-order valence-corrected chi connectivity index (χ0v) is 16.4. The summed E-state index contributed by atoms with van der Waals surface area (Å²) in [7, 11) is 1.61. The predicted octanol–water partition coefficient (Wildman–Crippen LogP) is 4.20. The topological polar surface area (TPSA) is 62.3 Å². The normalized spacial score (nSPS) is 10.6. The van der Waals surface area contributed by atoms with Crippen molar-refractivity contribution in [3.05, 3.63) is 57.9 Å². The van der Waals surface area contributed by atoms with Crippen LogP contribution in [0.4, 0.5) is 5.69 Å². The number of aromatic nitrogens is 1. The highest BCUT2D eigenvalue weighted by molar-refractivity contribution is 7.20. The van der Waals surface area contributed by atoms with Crippen molar-refractivity contribution < 1.29 is 9.59 Å². The zero-order valence-electron chi connectivity index (χ0n) is 14.8. The smallest absolute Gasteiger partial charge is 0.273 e. The predicted molar refractivity (Wildman–Crippen MR) is 107 cm³/mol. The number of likely N-dealkylation sites (N-methyl/N-ethyl adjacent to an activating group) is 1. The number of amides is 2. The van der Waals surface area contributed by atoms with Gasteiger partial charge in [-0.1, -0.05) is 24.3 Å². The van der Waals surface area contributed by atoms with Crippen LogP contribution in [0.5, 0.6) is 0 Å². The minimum absolute atomic E-state index is 0.0293. The van der Waals surface area contributed by atoms with E-state index >= 15 is 0 Å². The molecular formula is C19H19N3O2S2. The summed E-state index contributed by atoms with van der Waals surface area (Å²) < 4.78 is 0. The van der Waals surface area contributed by atoms with Gasteiger partial charge in [0.15, 0.2) is 0 Å². The number of hydrogen-bond donors (Lipinski definition) is 1. The van der Waals surface area contributed by atoms with E-state index in [0.717, 1.165) is 26.7 Å². The highest BCUT2D eigenvalue weighted by Gasteiger charge is 2.19. The molecule has 1 aromatic carbocycles. The molecule has 0 bridgehead atoms. The first kappa shape index (κ1) is 18.3. The minimum atomic E-state index is -0.263. The third kappa shape index (κ3) is 4.00. The molecule has 0 aliphatic rings. The average molecular weight is 386 g/mol. The van der Waals surface area contributed by atoms with E-state index < -0.39 is 0 Å². The molecule has 26 heavy (non-hydrogen) atoms. The number of aryl methyl sites for hydroxylation is 2. The van der Waals surface area contributed by atoms with Crippen molar-refractivity contribution in [1.82, 2.24) is 9.88 Å². The van der Waals surface area contributed by atoms with Crippen LogP contribution in [0.1, 0.15) is 21.6 Å². The van der Waals surface area contributed by atoms with Gasteiger partial charge in [0.1, 0.15) is 10.7 Å². The molecule has 0 atom stereocenters. The summed E-state index contributed by atoms with van der Waals surface area (Å²) >= 11 is 3.01. The first-order valence-corrected chi connectivity index (χ1v) is 9.82. The second-order valence-corrected chi connectivity index (χ2v) is 7.80. The molecule has 0 saturated heterocycles. The first-order chi connectivity index (χ1) is 12.5. The SMILES string of the molecule is Cc1cccc(C)c1NC(=O)CN(C)C(=O)c1csc(-c2cccs2)n1. The molecular weight excluding hydrogens is 366 g/mol. The third-order valence-electron chi connectivity index (χ3n) is 3.93. The van der Waals surface area contributed by atoms with Gasteiger partial charge in [-0.15, -0.1) is 22.7 Å². The number of rotatable bonds is 5. The van der Waals surface area contributed by atoms with Crippen LogP contribution in [0, 0.1) is 13.8 Å². The standard InChI is InChI=1S/C19H19N3O2S2/c1-12-6-4-7-13(2)17(12)21-16(23)10-22(3)19(24)14-11-26-18(20-14)15-8-5-9-25-15/h4-9,11H,10H2,1-3H3,(H,21,23). The van der Waals surface area contributed by atoms with Crippen LogP contribution in [0.3, 0.4) is 0 Å². The number of thiazole rings is 1. The lowest BCUT2D eigenvalue weighted by Crippen LogP contribution is -2.35. The molecule has 0 radical (unpaired) electrons. The van der Waals surface area contributed by atoms with Gasteiger partial charge in [0, 0.05) is 18.1 Å². The zero-order chi connectivity index (χ0) is 18.7. The van der Waals surface area contributed by atoms with E-state index in [4.69, 9.17) is 0 Å². The molecule has 5 nitrogen and oxygen atoms in total. The van der Waals surface area contributed by atoms with Crippen molar-refractivity contribution in [2.75, 3.05) is 18.9 Å². The molecule has 0 fully saturated rings. The molecule has 2 amide bonds. The van der Waals surface area contributed by atoms with Crippen LogP contribution in [0.25, 0.3) is 9.88 Å². The number of para-hydroxylation sites is 1. The summed E-state index contributed by atoms with van der Waals surface area (Å²) in [5, 5.41) is 7.42. The number of anilines is 1. The monoisotopic (exact) mass is 385 g/mol. The van der Waals surface area contributed by atoms with E-state index in [1.54, 1.807) is 23.8 Å². The number of hydrogen-bond acceptors (Lipinski definition) is 5. The van der Waals surface area contributed by atoms with E-state index in [9.17, 15) is 9.59 Å². The van der Waals surface area contributed by atoms with Crippen molar-refractivity contribution in [2.45, 2.75) is 13.8 Å². The Kier molecular flexibility index (Phi) is 5.49. The van der Waals surface area contributed by atoms with Crippen LogP contribution in [-0.2, 0) is 4.79 Å². The molecule has 0 aliphatic carbocycles. The van der Waals surface area contributed by atoms with E-state index in [0.29, 0.717) is 5.69 Å². The van der Waals surface area contributed by atoms with Crippen molar-refractivity contribution in [2.24, 2.45) is 0 Å². The Morgan fingerprint density at radius 3 is 2.50 bits per heavy atom. The molecule has 3 rings (SSSR count). The molecule has 7 heteroatoms. The minimum Gasteiger partial charge on any atom is -0.331 e. The fourth-order valence-corrected chi connectivity index (χ4v) is 4.17. The van der Waals surface area contributed by atoms with Gasteiger partial charge in [-0.05, 0) is 36.4 Å². The van der Waals surface area contributed by atoms with Crippen LogP contribution in [0.2, 0.25) is 0 Å². The molecule has 1 N–H and O–H groups in total. The van der Waals surface area contributed by atoms with Crippen LogP contribution >= 0.6 is 22.7 Å². The number of nitrogens with zero attached hydrogens (tertiary/aromatic N) is 2. The van der Waals surface area contributed by atoms with Crippen molar-refractivity contribution in [3.8, 4) is 9.88 Å². The second kappa shape index (κ2) is 7.80. The lowest BCUT2D eigenvalue weighted by atomic mass is 10.1. The summed E-state index contributed by atoms with van der Waals surface area (Å²) in [6, 6.07) is 9.76. The second-order valence-electron chi connectivity index (χ2n) is 5.99. The lowest BCUT2D eigenvalue weighted by molar-refractivity contribution is -0.116. The van der Waals surface area contributed by atoms with Gasteiger partial charge in [-0.25, -0.2) is 4.98 Å². The summed E-state index contributed by atoms with van der Waals surface area (Å²) in [4.78, 5) is 31.7. The van der Waals surface area contributed by atoms with Gasteiger partial charge in [0.2, 0.25) is 5.91 Å². The molecule has 2 aromatic heterocycles. The molecule has 0 unspecified atom stereocenters. The average Bonchev–Trinajstić information content (AvgIpc) is 3.28. The van der Waals surface area contributed by atoms with Gasteiger partial charge in [-0.2, -0.15) is 0 Å². The summed E-state index contributed by atoms with van der Waals surface area (Å²) in [5.74, 6) is -0.493. The maximum Gasteiger partial charge on any atom is 0.273 e. The Bertz CT molecular complexity index is 912. The van der Waals surface area contributed by atoms with Gasteiger partial charge < -0.3 is 10.2 Å². The largest absolute Gasteiger partial charge is 0.331 e. The molecule has 0 aliphatic heterocycles. The molecule has 0 spiro atoms. The maximum atomic E-state index is 12.5. The van der Waals surface area contributed by atoms with Crippen LogP contribution in [0.15, 0.2) is 41.1 Å². The third-order valence-corrected chi connectivity index (χ3v) is 5.81. The number of benzene rings is 1. The Balaban J connectivity index is 1.65. The van der Waals surface area contributed by atoms with E-state index in [2.05, 4.69) is 10.3 Å². The van der Waals surface area contributed by atoms with Crippen molar-refractivity contribution in [3.63, 3.8) is 0 Å². The maximum absolute atomic E-state index is 12.5. The Hall–Kier alpha value is -2.51. The fourth-order valence-electron chi connectivity index (χ4n) is 2.56. The highest BCUT2D eigenvalue weighted by Crippen LogP contribution is 2.28. The van der Waals surface area contributed by atoms with Gasteiger partial charge in [0.05, 0.1) is 11.4 Å². The van der Waals surface area contributed by atoms with Crippen molar-refractivity contribution in [1.29, 1.82) is 0 Å². The molecule has 0 saturated carbocycles. The van der Waals surface area contributed by atoms with E-state index in [1.165, 1.54) is 16.2 Å². The van der Waals surface area contributed by atoms with Gasteiger partial charge in [0.25, 0.3) is 5.91 Å². The summed E-state index contributed by atoms with van der Waals surface area (Å²) in [6.07, 6.45) is 0. The first-order valence-electron chi connectivity index (χ1n) is 8.06. The Labute approximate surface area is 160 Å². The molecule has 134 valence electrons. The molecule has 3 aromatic rings. The van der Waals surface area contributed by atoms with E-state index in [-0.39, 0.29) is 18.4 Å². The van der Waals surface area contributed by atoms with Crippen LogP contribution in [-0.4, -0.2) is 35.3 Å². The van der Waals surface area contributed by atoms with Gasteiger partial charge in [-0.3, -0.25) is 9.59 Å². The fraction of sp³-hybridized carbons (Fsp3) is 0.211. The summed E-state index contributed by atoms with van der Waals surface area (Å²) in [5.41, 5.74) is 3.15. The number of nitrogens with one attached hydrogen (secondary N) is 1. The highest BCUT2D eigenvalue weighted by atomic mass is 32.1. The Morgan fingerprint density at radius 1 is 1.12 bits per heavy atom. The number of carbonyl (C=O) groups excluding carboxylic acids is 2. The van der Waals surface area contributed by atoms with E-state index in [1.807, 2.05) is 49.6 Å². The number of carbonyl (C=O) groups is 2.